The average molecular weight is 280 g/mol. The predicted molar refractivity (Wildman–Crippen MR) is 73.7 cm³/mol. The zero-order valence-electron chi connectivity index (χ0n) is 9.83. The van der Waals surface area contributed by atoms with Crippen molar-refractivity contribution in [2.75, 3.05) is 6.54 Å². The standard InChI is InChI=1S/C8H13B3BrN3O/c9-8(10,11)14-2-1-5-3-6(12)13-15(5)4-7(14)16/h3H,1-2,4,9-11H2. The van der Waals surface area contributed by atoms with Crippen LogP contribution in [-0.4, -0.2) is 55.9 Å². The summed E-state index contributed by atoms with van der Waals surface area (Å²) in [6, 6.07) is 1.99. The number of carbonyl (C=O) groups excluding carboxylic acids is 1. The Morgan fingerprint density at radius 3 is 2.75 bits per heavy atom. The van der Waals surface area contributed by atoms with Crippen molar-refractivity contribution in [2.45, 2.75) is 18.2 Å². The second kappa shape index (κ2) is 3.98. The summed E-state index contributed by atoms with van der Waals surface area (Å²) in [6.45, 7) is 1.11. The van der Waals surface area contributed by atoms with E-state index in [1.165, 1.54) is 0 Å². The van der Waals surface area contributed by atoms with E-state index >= 15 is 0 Å². The molecule has 0 atom stereocenters. The lowest BCUT2D eigenvalue weighted by molar-refractivity contribution is -0.131. The highest BCUT2D eigenvalue weighted by atomic mass is 79.9. The van der Waals surface area contributed by atoms with Gasteiger partial charge in [0, 0.05) is 18.7 Å². The third kappa shape index (κ3) is 2.21. The fourth-order valence-corrected chi connectivity index (χ4v) is 2.49. The van der Waals surface area contributed by atoms with Crippen LogP contribution in [-0.2, 0) is 17.8 Å². The van der Waals surface area contributed by atoms with Crippen molar-refractivity contribution in [3.05, 3.63) is 16.4 Å². The number of nitrogens with zero attached hydrogens (tertiary/aromatic N) is 3. The van der Waals surface area contributed by atoms with E-state index < -0.39 is 0 Å². The molecule has 4 nitrogen and oxygen atoms in total. The van der Waals surface area contributed by atoms with Gasteiger partial charge in [0.15, 0.2) is 0 Å². The Labute approximate surface area is 106 Å². The first-order valence-electron chi connectivity index (χ1n) is 5.40. The van der Waals surface area contributed by atoms with E-state index in [0.29, 0.717) is 6.54 Å². The quantitative estimate of drug-likeness (QED) is 0.535. The van der Waals surface area contributed by atoms with Gasteiger partial charge in [-0.3, -0.25) is 9.48 Å². The molecule has 1 aliphatic rings. The number of hydrogen-bond acceptors (Lipinski definition) is 2. The average Bonchev–Trinajstić information content (AvgIpc) is 2.36. The summed E-state index contributed by atoms with van der Waals surface area (Å²) in [5.74, 6) is 0.141. The van der Waals surface area contributed by atoms with Gasteiger partial charge in [0.2, 0.25) is 5.91 Å². The van der Waals surface area contributed by atoms with Gasteiger partial charge in [0.05, 0.1) is 0 Å². The number of rotatable bonds is 1. The fourth-order valence-electron chi connectivity index (χ4n) is 2.03. The van der Waals surface area contributed by atoms with E-state index in [-0.39, 0.29) is 11.1 Å². The van der Waals surface area contributed by atoms with Crippen LogP contribution < -0.4 is 0 Å². The summed E-state index contributed by atoms with van der Waals surface area (Å²) in [6.07, 6.45) is 0.863. The normalized spacial score (nSPS) is 17.1. The number of halogens is 1. The van der Waals surface area contributed by atoms with Crippen LogP contribution in [0.3, 0.4) is 0 Å². The van der Waals surface area contributed by atoms with Crippen molar-refractivity contribution in [3.8, 4) is 0 Å². The smallest absolute Gasteiger partial charge is 0.242 e. The highest BCUT2D eigenvalue weighted by Gasteiger charge is 2.29. The van der Waals surface area contributed by atoms with Gasteiger partial charge in [-0.25, -0.2) is 0 Å². The van der Waals surface area contributed by atoms with E-state index in [0.717, 1.165) is 23.3 Å². The molecule has 8 heteroatoms. The maximum Gasteiger partial charge on any atom is 0.242 e. The lowest BCUT2D eigenvalue weighted by Gasteiger charge is -2.35. The molecule has 0 spiro atoms. The van der Waals surface area contributed by atoms with Gasteiger partial charge >= 0.3 is 0 Å². The first kappa shape index (κ1) is 11.8. The SMILES string of the molecule is BC(B)(B)N1CCc2cc(Br)nn2CC1=O. The van der Waals surface area contributed by atoms with E-state index in [4.69, 9.17) is 0 Å². The lowest BCUT2D eigenvalue weighted by atomic mass is 9.48. The number of amides is 1. The molecule has 1 aliphatic heterocycles. The highest BCUT2D eigenvalue weighted by Crippen LogP contribution is 2.17. The second-order valence-electron chi connectivity index (χ2n) is 5.08. The largest absolute Gasteiger partial charge is 0.358 e. The van der Waals surface area contributed by atoms with Gasteiger partial charge in [-0.15, -0.1) is 0 Å². The first-order chi connectivity index (χ1) is 7.38. The van der Waals surface area contributed by atoms with Crippen LogP contribution in [0.2, 0.25) is 0 Å². The van der Waals surface area contributed by atoms with Crippen molar-refractivity contribution < 1.29 is 4.79 Å². The van der Waals surface area contributed by atoms with Crippen molar-refractivity contribution >= 4 is 45.4 Å². The molecule has 16 heavy (non-hydrogen) atoms. The Kier molecular flexibility index (Phi) is 2.94. The molecule has 0 N–H and O–H groups in total. The molecule has 0 bridgehead atoms. The maximum absolute atomic E-state index is 12.1. The van der Waals surface area contributed by atoms with Crippen LogP contribution in [0.5, 0.6) is 0 Å². The summed E-state index contributed by atoms with van der Waals surface area (Å²) < 4.78 is 2.59. The van der Waals surface area contributed by atoms with Gasteiger partial charge in [-0.05, 0) is 27.2 Å². The van der Waals surface area contributed by atoms with Crippen LogP contribution in [0.25, 0.3) is 0 Å². The minimum atomic E-state index is -0.113. The van der Waals surface area contributed by atoms with Gasteiger partial charge < -0.3 is 4.90 Å². The highest BCUT2D eigenvalue weighted by molar-refractivity contribution is 9.10. The third-order valence-corrected chi connectivity index (χ3v) is 3.21. The third-order valence-electron chi connectivity index (χ3n) is 2.82. The number of hydrogen-bond donors (Lipinski definition) is 0. The minimum Gasteiger partial charge on any atom is -0.358 e. The van der Waals surface area contributed by atoms with Gasteiger partial charge in [-0.2, -0.15) is 5.10 Å². The Balaban J connectivity index is 2.26. The molecule has 2 rings (SSSR count). The Morgan fingerprint density at radius 2 is 2.12 bits per heavy atom. The van der Waals surface area contributed by atoms with Crippen LogP contribution in [0.15, 0.2) is 10.7 Å². The van der Waals surface area contributed by atoms with Gasteiger partial charge in [-0.1, -0.05) is 0 Å². The summed E-state index contributed by atoms with van der Waals surface area (Å²) in [4.78, 5) is 14.0. The zero-order chi connectivity index (χ0) is 11.9. The summed E-state index contributed by atoms with van der Waals surface area (Å²) in [5.41, 5.74) is 1.12. The number of carbonyl (C=O) groups is 1. The molecule has 0 fully saturated rings. The summed E-state index contributed by atoms with van der Waals surface area (Å²) in [7, 11) is 6.19. The Hall–Kier alpha value is -0.645. The maximum atomic E-state index is 12.1. The van der Waals surface area contributed by atoms with Crippen molar-refractivity contribution in [2.24, 2.45) is 0 Å². The molecule has 1 aromatic rings. The summed E-state index contributed by atoms with van der Waals surface area (Å²) in [5, 5.41) is 4.15. The van der Waals surface area contributed by atoms with Gasteiger partial charge in [0.25, 0.3) is 0 Å². The van der Waals surface area contributed by atoms with E-state index in [1.807, 2.05) is 11.0 Å². The van der Waals surface area contributed by atoms with Crippen LogP contribution in [0.1, 0.15) is 5.69 Å². The Bertz CT molecular complexity index is 429. The number of aromatic nitrogens is 2. The molecule has 0 aliphatic carbocycles. The number of fused-ring (bicyclic) bond motifs is 1. The predicted octanol–water partition coefficient (Wildman–Crippen LogP) is -2.46. The first-order valence-corrected chi connectivity index (χ1v) is 6.20. The Morgan fingerprint density at radius 1 is 1.44 bits per heavy atom. The van der Waals surface area contributed by atoms with Crippen LogP contribution in [0.4, 0.5) is 0 Å². The van der Waals surface area contributed by atoms with E-state index in [9.17, 15) is 4.79 Å². The van der Waals surface area contributed by atoms with Crippen molar-refractivity contribution in [1.29, 1.82) is 0 Å². The second-order valence-corrected chi connectivity index (χ2v) is 5.89. The fraction of sp³-hybridized carbons (Fsp3) is 0.500. The molecule has 1 amide bonds. The van der Waals surface area contributed by atoms with E-state index in [2.05, 4.69) is 44.6 Å². The molecule has 2 heterocycles. The minimum absolute atomic E-state index is 0.113. The molecule has 0 radical (unpaired) electrons. The molecular formula is C8H13B3BrN3O. The van der Waals surface area contributed by atoms with E-state index in [1.54, 1.807) is 4.68 Å². The molecule has 82 valence electrons. The molecular weight excluding hydrogens is 266 g/mol. The molecule has 0 aromatic carbocycles. The monoisotopic (exact) mass is 279 g/mol. The van der Waals surface area contributed by atoms with Crippen molar-refractivity contribution in [3.63, 3.8) is 0 Å². The molecule has 0 saturated carbocycles. The molecule has 1 aromatic heterocycles. The van der Waals surface area contributed by atoms with Crippen LogP contribution in [0, 0.1) is 0 Å². The van der Waals surface area contributed by atoms with Gasteiger partial charge in [0.1, 0.15) is 34.7 Å². The summed E-state index contributed by atoms with van der Waals surface area (Å²) >= 11 is 3.34. The topological polar surface area (TPSA) is 38.1 Å². The molecule has 0 saturated heterocycles. The molecule has 0 unspecified atom stereocenters. The van der Waals surface area contributed by atoms with Crippen LogP contribution >= 0.6 is 15.9 Å². The zero-order valence-corrected chi connectivity index (χ0v) is 11.4. The van der Waals surface area contributed by atoms with Crippen molar-refractivity contribution in [1.82, 2.24) is 14.7 Å². The lowest BCUT2D eigenvalue weighted by Crippen LogP contribution is -2.54.